The zero-order valence-corrected chi connectivity index (χ0v) is 8.05. The van der Waals surface area contributed by atoms with Gasteiger partial charge in [-0.1, -0.05) is 20.8 Å². The van der Waals surface area contributed by atoms with Crippen LogP contribution in [0.15, 0.2) is 0 Å². The minimum Gasteiger partial charge on any atom is -0.387 e. The van der Waals surface area contributed by atoms with Crippen LogP contribution in [0.4, 0.5) is 0 Å². The summed E-state index contributed by atoms with van der Waals surface area (Å²) < 4.78 is 5.11. The van der Waals surface area contributed by atoms with Crippen LogP contribution >= 0.6 is 0 Å². The summed E-state index contributed by atoms with van der Waals surface area (Å²) in [6.45, 7) is 9.19. The number of rotatable bonds is 0. The van der Waals surface area contributed by atoms with Gasteiger partial charge in [-0.25, -0.2) is 0 Å². The largest absolute Gasteiger partial charge is 0.387 e. The van der Waals surface area contributed by atoms with Crippen LogP contribution in [-0.2, 0) is 4.74 Å². The van der Waals surface area contributed by atoms with E-state index in [-0.39, 0.29) is 0 Å². The van der Waals surface area contributed by atoms with Gasteiger partial charge in [0.05, 0.1) is 12.2 Å². The van der Waals surface area contributed by atoms with Gasteiger partial charge < -0.3 is 9.84 Å². The van der Waals surface area contributed by atoms with Crippen molar-refractivity contribution in [1.82, 2.24) is 0 Å². The molecule has 2 atom stereocenters. The van der Waals surface area contributed by atoms with E-state index in [2.05, 4.69) is 6.92 Å². The van der Waals surface area contributed by atoms with Crippen LogP contribution in [0.25, 0.3) is 0 Å². The molecule has 1 saturated heterocycles. The molecule has 1 unspecified atom stereocenters. The van der Waals surface area contributed by atoms with Crippen molar-refractivity contribution in [1.29, 1.82) is 0 Å². The first-order valence-electron chi connectivity index (χ1n) is 4.43. The number of hydrogen-bond acceptors (Lipinski definition) is 2. The van der Waals surface area contributed by atoms with Crippen LogP contribution in [-0.4, -0.2) is 23.9 Å². The molecule has 0 bridgehead atoms. The Balaban J connectivity index is 0.000000461. The average Bonchev–Trinajstić information content (AvgIpc) is 2.00. The molecule has 0 aliphatic carbocycles. The van der Waals surface area contributed by atoms with Gasteiger partial charge in [0.2, 0.25) is 0 Å². The molecular weight excluding hydrogens is 140 g/mol. The third-order valence-corrected chi connectivity index (χ3v) is 2.15. The van der Waals surface area contributed by atoms with Gasteiger partial charge in [0.25, 0.3) is 0 Å². The minimum atomic E-state index is -0.585. The lowest BCUT2D eigenvalue weighted by molar-refractivity contribution is -0.108. The third kappa shape index (κ3) is 3.21. The van der Waals surface area contributed by atoms with Crippen LogP contribution < -0.4 is 0 Å². The first-order valence-corrected chi connectivity index (χ1v) is 4.43. The van der Waals surface area contributed by atoms with Gasteiger partial charge in [-0.3, -0.25) is 0 Å². The zero-order valence-electron chi connectivity index (χ0n) is 8.05. The molecule has 0 aromatic carbocycles. The van der Waals surface area contributed by atoms with E-state index < -0.39 is 5.60 Å². The molecule has 2 nitrogen and oxygen atoms in total. The minimum absolute atomic E-state index is 0.381. The van der Waals surface area contributed by atoms with Gasteiger partial charge in [0, 0.05) is 6.61 Å². The molecule has 1 aliphatic rings. The van der Waals surface area contributed by atoms with Crippen LogP contribution in [0, 0.1) is 5.92 Å². The lowest BCUT2D eigenvalue weighted by Crippen LogP contribution is -2.42. The van der Waals surface area contributed by atoms with Crippen molar-refractivity contribution in [3.63, 3.8) is 0 Å². The molecule has 0 aromatic rings. The van der Waals surface area contributed by atoms with E-state index in [0.717, 1.165) is 13.0 Å². The summed E-state index contributed by atoms with van der Waals surface area (Å²) >= 11 is 0. The van der Waals surface area contributed by atoms with Crippen molar-refractivity contribution in [3.05, 3.63) is 0 Å². The fourth-order valence-electron chi connectivity index (χ4n) is 0.992. The first-order chi connectivity index (χ1) is 5.13. The number of aliphatic hydroxyl groups is 1. The summed E-state index contributed by atoms with van der Waals surface area (Å²) in [6, 6.07) is 0. The molecule has 0 aromatic heterocycles. The second-order valence-corrected chi connectivity index (χ2v) is 3.10. The maximum Gasteiger partial charge on any atom is 0.0878 e. The van der Waals surface area contributed by atoms with Crippen molar-refractivity contribution < 1.29 is 9.84 Å². The Labute approximate surface area is 69.6 Å². The van der Waals surface area contributed by atoms with E-state index in [0.29, 0.717) is 12.5 Å². The van der Waals surface area contributed by atoms with Crippen molar-refractivity contribution in [3.8, 4) is 0 Å². The standard InChI is InChI=1S/C7H14O2.C2H6/c1-6-3-4-9-5-7(6,2)8;1-2/h6,8H,3-5H2,1-2H3;1-2H3/t6-,7?;/m1./s1. The molecule has 0 spiro atoms. The molecule has 1 heterocycles. The van der Waals surface area contributed by atoms with E-state index >= 15 is 0 Å². The summed E-state index contributed by atoms with van der Waals surface area (Å²) in [5, 5.41) is 9.52. The van der Waals surface area contributed by atoms with E-state index in [1.165, 1.54) is 0 Å². The van der Waals surface area contributed by atoms with Gasteiger partial charge in [0.15, 0.2) is 0 Å². The fraction of sp³-hybridized carbons (Fsp3) is 1.00. The first kappa shape index (κ1) is 10.9. The SMILES string of the molecule is CC.C[C@@H]1CCOCC1(C)O. The second kappa shape index (κ2) is 4.73. The van der Waals surface area contributed by atoms with Crippen molar-refractivity contribution >= 4 is 0 Å². The molecule has 1 fully saturated rings. The summed E-state index contributed by atoms with van der Waals surface area (Å²) in [6.07, 6.45) is 0.979. The Morgan fingerprint density at radius 2 is 2.00 bits per heavy atom. The van der Waals surface area contributed by atoms with Crippen molar-refractivity contribution in [2.24, 2.45) is 5.92 Å². The van der Waals surface area contributed by atoms with Crippen molar-refractivity contribution in [2.45, 2.75) is 39.7 Å². The summed E-state index contributed by atoms with van der Waals surface area (Å²) in [7, 11) is 0. The molecule has 0 radical (unpaired) electrons. The Hall–Kier alpha value is -0.0800. The monoisotopic (exact) mass is 160 g/mol. The molecular formula is C9H20O2. The van der Waals surface area contributed by atoms with Crippen LogP contribution in [0.3, 0.4) is 0 Å². The molecule has 2 heteroatoms. The van der Waals surface area contributed by atoms with E-state index in [4.69, 9.17) is 4.74 Å². The summed E-state index contributed by atoms with van der Waals surface area (Å²) in [5.41, 5.74) is -0.585. The van der Waals surface area contributed by atoms with Gasteiger partial charge in [-0.2, -0.15) is 0 Å². The normalized spacial score (nSPS) is 37.4. The Kier molecular flexibility index (Phi) is 4.69. The molecule has 0 amide bonds. The van der Waals surface area contributed by atoms with E-state index in [1.807, 2.05) is 20.8 Å². The molecule has 1 rings (SSSR count). The molecule has 1 aliphatic heterocycles. The van der Waals surface area contributed by atoms with Gasteiger partial charge in [-0.15, -0.1) is 0 Å². The smallest absolute Gasteiger partial charge is 0.0878 e. The Bertz CT molecular complexity index is 99.7. The van der Waals surface area contributed by atoms with Gasteiger partial charge in [-0.05, 0) is 19.3 Å². The highest BCUT2D eigenvalue weighted by Crippen LogP contribution is 2.24. The highest BCUT2D eigenvalue weighted by atomic mass is 16.5. The molecule has 1 N–H and O–H groups in total. The van der Waals surface area contributed by atoms with Crippen LogP contribution in [0.5, 0.6) is 0 Å². The number of hydrogen-bond donors (Lipinski definition) is 1. The van der Waals surface area contributed by atoms with Gasteiger partial charge in [0.1, 0.15) is 0 Å². The maximum absolute atomic E-state index is 9.52. The highest BCUT2D eigenvalue weighted by molar-refractivity contribution is 4.81. The van der Waals surface area contributed by atoms with Gasteiger partial charge >= 0.3 is 0 Å². The predicted molar refractivity (Wildman–Crippen MR) is 46.6 cm³/mol. The van der Waals surface area contributed by atoms with Crippen molar-refractivity contribution in [2.75, 3.05) is 13.2 Å². The van der Waals surface area contributed by atoms with E-state index in [1.54, 1.807) is 0 Å². The van der Waals surface area contributed by atoms with E-state index in [9.17, 15) is 5.11 Å². The lowest BCUT2D eigenvalue weighted by Gasteiger charge is -2.34. The van der Waals surface area contributed by atoms with Crippen LogP contribution in [0.1, 0.15) is 34.1 Å². The topological polar surface area (TPSA) is 29.5 Å². The zero-order chi connectivity index (χ0) is 8.91. The highest BCUT2D eigenvalue weighted by Gasteiger charge is 2.31. The lowest BCUT2D eigenvalue weighted by atomic mass is 9.87. The summed E-state index contributed by atoms with van der Waals surface area (Å²) in [5.74, 6) is 0.381. The van der Waals surface area contributed by atoms with Crippen LogP contribution in [0.2, 0.25) is 0 Å². The molecule has 11 heavy (non-hydrogen) atoms. The third-order valence-electron chi connectivity index (χ3n) is 2.15. The predicted octanol–water partition coefficient (Wildman–Crippen LogP) is 1.82. The Morgan fingerprint density at radius 3 is 2.27 bits per heavy atom. The maximum atomic E-state index is 9.52. The quantitative estimate of drug-likeness (QED) is 0.585. The molecule has 68 valence electrons. The number of ether oxygens (including phenoxy) is 1. The molecule has 0 saturated carbocycles. The second-order valence-electron chi connectivity index (χ2n) is 3.10. The Morgan fingerprint density at radius 1 is 1.45 bits per heavy atom. The summed E-state index contributed by atoms with van der Waals surface area (Å²) in [4.78, 5) is 0. The fourth-order valence-corrected chi connectivity index (χ4v) is 0.992. The average molecular weight is 160 g/mol.